The van der Waals surface area contributed by atoms with Gasteiger partial charge in [-0.05, 0) is 6.54 Å². The molecule has 1 amide bonds. The summed E-state index contributed by atoms with van der Waals surface area (Å²) in [6.45, 7) is 2.99. The summed E-state index contributed by atoms with van der Waals surface area (Å²) >= 11 is 0. The second kappa shape index (κ2) is 5.54. The van der Waals surface area contributed by atoms with Crippen molar-refractivity contribution in [2.24, 2.45) is 5.73 Å². The average molecular weight is 174 g/mol. The monoisotopic (exact) mass is 174 g/mol. The molecular formula is C7H14N2O3. The van der Waals surface area contributed by atoms with Gasteiger partial charge in [-0.15, -0.1) is 0 Å². The summed E-state index contributed by atoms with van der Waals surface area (Å²) in [5.41, 5.74) is 4.95. The molecule has 0 saturated carbocycles. The van der Waals surface area contributed by atoms with Crippen LogP contribution in [0.5, 0.6) is 0 Å². The van der Waals surface area contributed by atoms with Crippen LogP contribution in [0.2, 0.25) is 0 Å². The molecule has 0 aliphatic carbocycles. The van der Waals surface area contributed by atoms with Gasteiger partial charge in [-0.3, -0.25) is 14.5 Å². The molecule has 0 bridgehead atoms. The first-order chi connectivity index (χ1) is 5.56. The molecule has 70 valence electrons. The number of hydrogen-bond acceptors (Lipinski definition) is 3. The Balaban J connectivity index is 3.67. The van der Waals surface area contributed by atoms with E-state index in [-0.39, 0.29) is 13.0 Å². The quantitative estimate of drug-likeness (QED) is 0.556. The van der Waals surface area contributed by atoms with Crippen LogP contribution in [0.3, 0.4) is 0 Å². The van der Waals surface area contributed by atoms with Crippen LogP contribution < -0.4 is 5.73 Å². The molecule has 0 radical (unpaired) electrons. The largest absolute Gasteiger partial charge is 0.481 e. The van der Waals surface area contributed by atoms with Gasteiger partial charge in [-0.2, -0.15) is 0 Å². The number of primary amides is 1. The van der Waals surface area contributed by atoms with Gasteiger partial charge in [0, 0.05) is 6.54 Å². The first-order valence-corrected chi connectivity index (χ1v) is 3.78. The molecule has 0 aromatic carbocycles. The Hall–Kier alpha value is -1.10. The summed E-state index contributed by atoms with van der Waals surface area (Å²) < 4.78 is 0. The number of carbonyl (C=O) groups excluding carboxylic acids is 1. The maximum Gasteiger partial charge on any atom is 0.304 e. The Labute approximate surface area is 71.1 Å². The zero-order valence-corrected chi connectivity index (χ0v) is 7.12. The summed E-state index contributed by atoms with van der Waals surface area (Å²) in [5.74, 6) is -1.29. The molecule has 0 aromatic heterocycles. The van der Waals surface area contributed by atoms with Gasteiger partial charge < -0.3 is 10.8 Å². The number of rotatable bonds is 6. The van der Waals surface area contributed by atoms with Crippen LogP contribution in [0.4, 0.5) is 0 Å². The minimum Gasteiger partial charge on any atom is -0.481 e. The lowest BCUT2D eigenvalue weighted by Gasteiger charge is -2.16. The van der Waals surface area contributed by atoms with Crippen LogP contribution in [-0.4, -0.2) is 41.5 Å². The minimum absolute atomic E-state index is 0.0428. The number of hydrogen-bond donors (Lipinski definition) is 2. The third-order valence-corrected chi connectivity index (χ3v) is 1.47. The molecule has 0 aliphatic heterocycles. The number of carboxylic acid groups (broad SMARTS) is 1. The smallest absolute Gasteiger partial charge is 0.304 e. The Kier molecular flexibility index (Phi) is 5.03. The van der Waals surface area contributed by atoms with Crippen LogP contribution >= 0.6 is 0 Å². The fourth-order valence-corrected chi connectivity index (χ4v) is 0.823. The van der Waals surface area contributed by atoms with E-state index in [9.17, 15) is 9.59 Å². The SMILES string of the molecule is CCN(CCC(=O)O)CC(N)=O. The summed E-state index contributed by atoms with van der Waals surface area (Å²) in [6, 6.07) is 0. The molecule has 12 heavy (non-hydrogen) atoms. The normalized spacial score (nSPS) is 10.2. The number of aliphatic carboxylic acids is 1. The number of carboxylic acids is 1. The number of amides is 1. The van der Waals surface area contributed by atoms with Gasteiger partial charge in [-0.25, -0.2) is 0 Å². The summed E-state index contributed by atoms with van der Waals surface area (Å²) in [6.07, 6.45) is 0.0428. The lowest BCUT2D eigenvalue weighted by molar-refractivity contribution is -0.137. The maximum atomic E-state index is 10.4. The molecular weight excluding hydrogens is 160 g/mol. The lowest BCUT2D eigenvalue weighted by atomic mass is 10.3. The van der Waals surface area contributed by atoms with Crippen molar-refractivity contribution in [3.05, 3.63) is 0 Å². The maximum absolute atomic E-state index is 10.4. The fraction of sp³-hybridized carbons (Fsp3) is 0.714. The summed E-state index contributed by atoms with van der Waals surface area (Å²) in [7, 11) is 0. The van der Waals surface area contributed by atoms with Crippen molar-refractivity contribution in [2.75, 3.05) is 19.6 Å². The van der Waals surface area contributed by atoms with E-state index in [1.54, 1.807) is 4.90 Å². The van der Waals surface area contributed by atoms with Gasteiger partial charge in [0.1, 0.15) is 0 Å². The van der Waals surface area contributed by atoms with Gasteiger partial charge in [0.2, 0.25) is 5.91 Å². The zero-order chi connectivity index (χ0) is 9.56. The molecule has 0 spiro atoms. The first-order valence-electron chi connectivity index (χ1n) is 3.78. The van der Waals surface area contributed by atoms with E-state index in [1.807, 2.05) is 6.92 Å². The van der Waals surface area contributed by atoms with Crippen LogP contribution in [-0.2, 0) is 9.59 Å². The highest BCUT2D eigenvalue weighted by atomic mass is 16.4. The van der Waals surface area contributed by atoms with Crippen LogP contribution in [0, 0.1) is 0 Å². The van der Waals surface area contributed by atoms with Crippen molar-refractivity contribution in [3.8, 4) is 0 Å². The number of likely N-dealkylation sites (N-methyl/N-ethyl adjacent to an activating group) is 1. The summed E-state index contributed by atoms with van der Waals surface area (Å²) in [4.78, 5) is 22.3. The molecule has 0 heterocycles. The molecule has 3 N–H and O–H groups in total. The predicted octanol–water partition coefficient (Wildman–Crippen LogP) is -0.732. The van der Waals surface area contributed by atoms with E-state index >= 15 is 0 Å². The van der Waals surface area contributed by atoms with Crippen molar-refractivity contribution in [3.63, 3.8) is 0 Å². The van der Waals surface area contributed by atoms with Gasteiger partial charge in [0.05, 0.1) is 13.0 Å². The van der Waals surface area contributed by atoms with E-state index in [4.69, 9.17) is 10.8 Å². The second-order valence-corrected chi connectivity index (χ2v) is 2.48. The van der Waals surface area contributed by atoms with Crippen molar-refractivity contribution in [2.45, 2.75) is 13.3 Å². The van der Waals surface area contributed by atoms with E-state index < -0.39 is 11.9 Å². The Bertz CT molecular complexity index is 170. The lowest BCUT2D eigenvalue weighted by Crippen LogP contribution is -2.35. The molecule has 5 nitrogen and oxygen atoms in total. The Morgan fingerprint density at radius 1 is 1.50 bits per heavy atom. The van der Waals surface area contributed by atoms with Crippen molar-refractivity contribution >= 4 is 11.9 Å². The van der Waals surface area contributed by atoms with Crippen LogP contribution in [0.1, 0.15) is 13.3 Å². The highest BCUT2D eigenvalue weighted by molar-refractivity contribution is 5.76. The van der Waals surface area contributed by atoms with E-state index in [0.717, 1.165) is 0 Å². The molecule has 0 aromatic rings. The van der Waals surface area contributed by atoms with E-state index in [2.05, 4.69) is 0 Å². The number of nitrogens with two attached hydrogens (primary N) is 1. The molecule has 0 atom stereocenters. The Morgan fingerprint density at radius 2 is 2.08 bits per heavy atom. The third-order valence-electron chi connectivity index (χ3n) is 1.47. The number of nitrogens with zero attached hydrogens (tertiary/aromatic N) is 1. The van der Waals surface area contributed by atoms with E-state index in [0.29, 0.717) is 13.1 Å². The van der Waals surface area contributed by atoms with Gasteiger partial charge >= 0.3 is 5.97 Å². The highest BCUT2D eigenvalue weighted by Gasteiger charge is 2.07. The third kappa shape index (κ3) is 5.67. The molecule has 0 rings (SSSR count). The highest BCUT2D eigenvalue weighted by Crippen LogP contribution is 1.90. The summed E-state index contributed by atoms with van der Waals surface area (Å²) in [5, 5.41) is 8.35. The molecule has 0 unspecified atom stereocenters. The average Bonchev–Trinajstić information content (AvgIpc) is 1.97. The Morgan fingerprint density at radius 3 is 2.42 bits per heavy atom. The molecule has 0 saturated heterocycles. The molecule has 5 heteroatoms. The van der Waals surface area contributed by atoms with Crippen molar-refractivity contribution < 1.29 is 14.7 Å². The number of carbonyl (C=O) groups is 2. The van der Waals surface area contributed by atoms with Gasteiger partial charge in [0.25, 0.3) is 0 Å². The fourth-order valence-electron chi connectivity index (χ4n) is 0.823. The standard InChI is InChI=1S/C7H14N2O3/c1-2-9(5-6(8)10)4-3-7(11)12/h2-5H2,1H3,(H2,8,10)(H,11,12). The minimum atomic E-state index is -0.863. The van der Waals surface area contributed by atoms with Gasteiger partial charge in [0.15, 0.2) is 0 Å². The van der Waals surface area contributed by atoms with Crippen LogP contribution in [0.15, 0.2) is 0 Å². The second-order valence-electron chi connectivity index (χ2n) is 2.48. The molecule has 0 fully saturated rings. The molecule has 0 aliphatic rings. The van der Waals surface area contributed by atoms with Crippen molar-refractivity contribution in [1.82, 2.24) is 4.90 Å². The first kappa shape index (κ1) is 10.9. The zero-order valence-electron chi connectivity index (χ0n) is 7.12. The van der Waals surface area contributed by atoms with Gasteiger partial charge in [-0.1, -0.05) is 6.92 Å². The topological polar surface area (TPSA) is 83.6 Å². The van der Waals surface area contributed by atoms with Crippen LogP contribution in [0.25, 0.3) is 0 Å². The predicted molar refractivity (Wildman–Crippen MR) is 43.6 cm³/mol. The van der Waals surface area contributed by atoms with Crippen molar-refractivity contribution in [1.29, 1.82) is 0 Å². The van der Waals surface area contributed by atoms with E-state index in [1.165, 1.54) is 0 Å².